The molecule has 3 N–H and O–H groups in total. The van der Waals surface area contributed by atoms with Crippen LogP contribution >= 0.6 is 43.5 Å². The van der Waals surface area contributed by atoms with Gasteiger partial charge in [0.2, 0.25) is 0 Å². The maximum atomic E-state index is 12.1. The molecule has 0 radical (unpaired) electrons. The van der Waals surface area contributed by atoms with Gasteiger partial charge >= 0.3 is 0 Å². The number of carbonyl (C=O) groups excluding carboxylic acids is 1. The van der Waals surface area contributed by atoms with Crippen LogP contribution in [0.25, 0.3) is 0 Å². The third kappa shape index (κ3) is 3.49. The van der Waals surface area contributed by atoms with E-state index in [1.54, 1.807) is 36.4 Å². The number of amides is 1. The lowest BCUT2D eigenvalue weighted by molar-refractivity contribution is 0.102. The van der Waals surface area contributed by atoms with Gasteiger partial charge in [0.05, 0.1) is 10.6 Å². The molecule has 0 saturated heterocycles. The van der Waals surface area contributed by atoms with Crippen LogP contribution in [0.1, 0.15) is 10.4 Å². The van der Waals surface area contributed by atoms with Gasteiger partial charge in [0.1, 0.15) is 0 Å². The van der Waals surface area contributed by atoms with Crippen LogP contribution < -0.4 is 11.1 Å². The Morgan fingerprint density at radius 3 is 2.58 bits per heavy atom. The molecule has 1 amide bonds. The van der Waals surface area contributed by atoms with Gasteiger partial charge in [-0.1, -0.05) is 27.5 Å². The number of benzene rings is 2. The first-order valence-electron chi connectivity index (χ1n) is 5.29. The monoisotopic (exact) mass is 402 g/mol. The Balaban J connectivity index is 2.25. The van der Waals surface area contributed by atoms with Gasteiger partial charge in [-0.3, -0.25) is 4.79 Å². The van der Waals surface area contributed by atoms with E-state index in [9.17, 15) is 4.79 Å². The fraction of sp³-hybridized carbons (Fsp3) is 0. The molecule has 0 aliphatic heterocycles. The maximum absolute atomic E-state index is 12.1. The molecule has 2 aromatic rings. The number of hydrogen-bond donors (Lipinski definition) is 2. The highest BCUT2D eigenvalue weighted by Gasteiger charge is 2.11. The SMILES string of the molecule is Nc1ccc(Br)cc1C(=O)Nc1ccc(Br)c(Cl)c1. The molecular weight excluding hydrogens is 395 g/mol. The van der Waals surface area contributed by atoms with E-state index < -0.39 is 0 Å². The van der Waals surface area contributed by atoms with Crippen molar-refractivity contribution in [1.29, 1.82) is 0 Å². The zero-order valence-corrected chi connectivity index (χ0v) is 13.5. The Kier molecular flexibility index (Phi) is 4.50. The van der Waals surface area contributed by atoms with E-state index >= 15 is 0 Å². The van der Waals surface area contributed by atoms with Crippen LogP contribution in [0.4, 0.5) is 11.4 Å². The largest absolute Gasteiger partial charge is 0.398 e. The number of hydrogen-bond acceptors (Lipinski definition) is 2. The van der Waals surface area contributed by atoms with Crippen LogP contribution in [0.15, 0.2) is 45.3 Å². The predicted molar refractivity (Wildman–Crippen MR) is 85.7 cm³/mol. The van der Waals surface area contributed by atoms with Crippen LogP contribution in [0.3, 0.4) is 0 Å². The van der Waals surface area contributed by atoms with E-state index in [2.05, 4.69) is 37.2 Å². The van der Waals surface area contributed by atoms with Gasteiger partial charge in [0, 0.05) is 20.3 Å². The van der Waals surface area contributed by atoms with E-state index in [1.807, 2.05) is 0 Å². The van der Waals surface area contributed by atoms with E-state index in [0.29, 0.717) is 22.0 Å². The number of anilines is 2. The first kappa shape index (κ1) is 14.4. The number of nitrogen functional groups attached to an aromatic ring is 1. The lowest BCUT2D eigenvalue weighted by atomic mass is 10.1. The van der Waals surface area contributed by atoms with Crippen LogP contribution in [0.5, 0.6) is 0 Å². The molecule has 0 aliphatic carbocycles. The second-order valence-electron chi connectivity index (χ2n) is 3.81. The fourth-order valence-electron chi connectivity index (χ4n) is 1.50. The number of carbonyl (C=O) groups is 1. The van der Waals surface area contributed by atoms with Crippen molar-refractivity contribution in [2.75, 3.05) is 11.1 Å². The quantitative estimate of drug-likeness (QED) is 0.713. The van der Waals surface area contributed by atoms with E-state index in [0.717, 1.165) is 8.95 Å². The molecule has 3 nitrogen and oxygen atoms in total. The average molecular weight is 404 g/mol. The van der Waals surface area contributed by atoms with Crippen molar-refractivity contribution in [3.8, 4) is 0 Å². The minimum Gasteiger partial charge on any atom is -0.398 e. The van der Waals surface area contributed by atoms with E-state index in [-0.39, 0.29) is 5.91 Å². The van der Waals surface area contributed by atoms with Crippen molar-refractivity contribution >= 4 is 60.7 Å². The summed E-state index contributed by atoms with van der Waals surface area (Å²) in [5.41, 5.74) is 7.22. The molecule has 0 saturated carbocycles. The minimum atomic E-state index is -0.280. The normalized spacial score (nSPS) is 10.3. The molecule has 0 heterocycles. The Morgan fingerprint density at radius 2 is 1.89 bits per heavy atom. The van der Waals surface area contributed by atoms with Crippen molar-refractivity contribution in [3.05, 3.63) is 55.9 Å². The second-order valence-corrected chi connectivity index (χ2v) is 5.99. The molecule has 0 fully saturated rings. The van der Waals surface area contributed by atoms with Gasteiger partial charge in [-0.25, -0.2) is 0 Å². The topological polar surface area (TPSA) is 55.1 Å². The Bertz CT molecular complexity index is 647. The number of nitrogens with one attached hydrogen (secondary N) is 1. The molecule has 0 unspecified atom stereocenters. The van der Waals surface area contributed by atoms with E-state index in [4.69, 9.17) is 17.3 Å². The third-order valence-corrected chi connectivity index (χ3v) is 4.16. The molecule has 19 heavy (non-hydrogen) atoms. The average Bonchev–Trinajstić information content (AvgIpc) is 2.36. The zero-order valence-electron chi connectivity index (χ0n) is 9.58. The van der Waals surface area contributed by atoms with Gasteiger partial charge < -0.3 is 11.1 Å². The van der Waals surface area contributed by atoms with Gasteiger partial charge in [0.25, 0.3) is 5.91 Å². The Hall–Kier alpha value is -1.04. The molecule has 0 atom stereocenters. The van der Waals surface area contributed by atoms with Crippen LogP contribution in [-0.2, 0) is 0 Å². The zero-order chi connectivity index (χ0) is 14.0. The van der Waals surface area contributed by atoms with Crippen LogP contribution in [-0.4, -0.2) is 5.91 Å². The summed E-state index contributed by atoms with van der Waals surface area (Å²) in [7, 11) is 0. The molecule has 0 bridgehead atoms. The third-order valence-electron chi connectivity index (χ3n) is 2.44. The molecule has 0 spiro atoms. The molecular formula is C13H9Br2ClN2O. The Labute approximate surface area is 132 Å². The smallest absolute Gasteiger partial charge is 0.257 e. The predicted octanol–water partition coefficient (Wildman–Crippen LogP) is 4.70. The number of halogens is 3. The van der Waals surface area contributed by atoms with Crippen molar-refractivity contribution < 1.29 is 4.79 Å². The van der Waals surface area contributed by atoms with E-state index in [1.165, 1.54) is 0 Å². The summed E-state index contributed by atoms with van der Waals surface area (Å²) in [6, 6.07) is 10.3. The number of rotatable bonds is 2. The first-order valence-corrected chi connectivity index (χ1v) is 7.25. The molecule has 6 heteroatoms. The lowest BCUT2D eigenvalue weighted by Gasteiger charge is -2.08. The van der Waals surface area contributed by atoms with Crippen molar-refractivity contribution in [2.45, 2.75) is 0 Å². The van der Waals surface area contributed by atoms with Crippen molar-refractivity contribution in [3.63, 3.8) is 0 Å². The van der Waals surface area contributed by atoms with Gasteiger partial charge in [-0.05, 0) is 52.3 Å². The first-order chi connectivity index (χ1) is 8.97. The molecule has 0 aromatic heterocycles. The molecule has 2 rings (SSSR count). The summed E-state index contributed by atoms with van der Waals surface area (Å²) < 4.78 is 1.56. The van der Waals surface area contributed by atoms with Crippen LogP contribution in [0, 0.1) is 0 Å². The summed E-state index contributed by atoms with van der Waals surface area (Å²) in [4.78, 5) is 12.1. The maximum Gasteiger partial charge on any atom is 0.257 e. The van der Waals surface area contributed by atoms with Crippen molar-refractivity contribution in [1.82, 2.24) is 0 Å². The van der Waals surface area contributed by atoms with Gasteiger partial charge in [0.15, 0.2) is 0 Å². The minimum absolute atomic E-state index is 0.280. The molecule has 0 aliphatic rings. The Morgan fingerprint density at radius 1 is 1.16 bits per heavy atom. The highest BCUT2D eigenvalue weighted by molar-refractivity contribution is 9.10. The summed E-state index contributed by atoms with van der Waals surface area (Å²) in [6.45, 7) is 0. The number of nitrogens with two attached hydrogens (primary N) is 1. The lowest BCUT2D eigenvalue weighted by Crippen LogP contribution is -2.14. The van der Waals surface area contributed by atoms with Crippen LogP contribution in [0.2, 0.25) is 5.02 Å². The summed E-state index contributed by atoms with van der Waals surface area (Å²) in [6.07, 6.45) is 0. The summed E-state index contributed by atoms with van der Waals surface area (Å²) in [5, 5.41) is 3.28. The van der Waals surface area contributed by atoms with Gasteiger partial charge in [-0.15, -0.1) is 0 Å². The highest BCUT2D eigenvalue weighted by Crippen LogP contribution is 2.26. The second kappa shape index (κ2) is 5.94. The summed E-state index contributed by atoms with van der Waals surface area (Å²) >= 11 is 12.6. The standard InChI is InChI=1S/C13H9Br2ClN2O/c14-7-1-4-12(17)9(5-7)13(19)18-8-2-3-10(15)11(16)6-8/h1-6H,17H2,(H,18,19). The van der Waals surface area contributed by atoms with Gasteiger partial charge in [-0.2, -0.15) is 0 Å². The van der Waals surface area contributed by atoms with Crippen molar-refractivity contribution in [2.24, 2.45) is 0 Å². The highest BCUT2D eigenvalue weighted by atomic mass is 79.9. The molecule has 98 valence electrons. The summed E-state index contributed by atoms with van der Waals surface area (Å²) in [5.74, 6) is -0.280. The molecule has 2 aromatic carbocycles. The fourth-order valence-corrected chi connectivity index (χ4v) is 2.29.